The van der Waals surface area contributed by atoms with Gasteiger partial charge >= 0.3 is 0 Å². The van der Waals surface area contributed by atoms with Crippen molar-refractivity contribution in [3.63, 3.8) is 0 Å². The molecule has 82 valence electrons. The minimum absolute atomic E-state index is 0.283. The van der Waals surface area contributed by atoms with Crippen LogP contribution in [-0.4, -0.2) is 38.1 Å². The van der Waals surface area contributed by atoms with Gasteiger partial charge in [-0.15, -0.1) is 0 Å². The maximum atomic E-state index is 8.55. The zero-order chi connectivity index (χ0) is 10.6. The number of aliphatic hydroxyl groups excluding tert-OH is 1. The number of hydrogen-bond acceptors (Lipinski definition) is 4. The molecule has 0 aliphatic rings. The van der Waals surface area contributed by atoms with E-state index in [1.54, 1.807) is 0 Å². The summed E-state index contributed by atoms with van der Waals surface area (Å²) in [7, 11) is 1.82. The molecule has 0 bridgehead atoms. The summed E-state index contributed by atoms with van der Waals surface area (Å²) in [5, 5.41) is 21.8. The van der Waals surface area contributed by atoms with Crippen molar-refractivity contribution in [2.45, 2.75) is 19.3 Å². The van der Waals surface area contributed by atoms with Crippen LogP contribution in [0.1, 0.15) is 19.3 Å². The molecule has 4 nitrogen and oxygen atoms in total. The second kappa shape index (κ2) is 10.2. The smallest absolute Gasteiger partial charge is 0.0431 e. The van der Waals surface area contributed by atoms with Gasteiger partial charge < -0.3 is 21.1 Å². The number of unbranched alkanes of at least 4 members (excludes halogenated alkanes) is 2. The van der Waals surface area contributed by atoms with Crippen LogP contribution in [0, 0.1) is 5.41 Å². The van der Waals surface area contributed by atoms with E-state index in [2.05, 4.69) is 10.6 Å². The average molecular weight is 199 g/mol. The molecule has 0 saturated heterocycles. The van der Waals surface area contributed by atoms with Crippen LogP contribution in [0.5, 0.6) is 0 Å². The third-order valence-electron chi connectivity index (χ3n) is 1.86. The molecule has 0 aliphatic carbocycles. The lowest BCUT2D eigenvalue weighted by Gasteiger charge is -2.04. The van der Waals surface area contributed by atoms with Crippen LogP contribution in [0.25, 0.3) is 0 Å². The molecule has 0 atom stereocenters. The Morgan fingerprint density at radius 2 is 2.14 bits per heavy atom. The fourth-order valence-corrected chi connectivity index (χ4v) is 1.10. The third-order valence-corrected chi connectivity index (χ3v) is 1.86. The lowest BCUT2D eigenvalue weighted by Crippen LogP contribution is -2.20. The van der Waals surface area contributed by atoms with Crippen molar-refractivity contribution in [2.75, 3.05) is 26.7 Å². The highest BCUT2D eigenvalue weighted by Gasteiger charge is 1.92. The standard InChI is InChI=1S/C10H21N3O/c1-12-8-10(7-11)9-13-5-3-2-4-6-14/h7-8,11-14H,2-6,9H2,1H3/b10-8+,11-7?. The first-order valence-electron chi connectivity index (χ1n) is 5.03. The van der Waals surface area contributed by atoms with E-state index >= 15 is 0 Å². The fraction of sp³-hybridized carbons (Fsp3) is 0.700. The molecule has 14 heavy (non-hydrogen) atoms. The summed E-state index contributed by atoms with van der Waals surface area (Å²) < 4.78 is 0. The quantitative estimate of drug-likeness (QED) is 0.323. The van der Waals surface area contributed by atoms with Crippen molar-refractivity contribution in [1.82, 2.24) is 10.6 Å². The van der Waals surface area contributed by atoms with E-state index in [0.29, 0.717) is 0 Å². The number of nitrogens with one attached hydrogen (secondary N) is 3. The molecule has 0 heterocycles. The predicted octanol–water partition coefficient (Wildman–Crippen LogP) is 0.491. The Hall–Kier alpha value is -0.870. The largest absolute Gasteiger partial charge is 0.396 e. The topological polar surface area (TPSA) is 68.1 Å². The van der Waals surface area contributed by atoms with Crippen LogP contribution < -0.4 is 10.6 Å². The molecular formula is C10H21N3O. The zero-order valence-corrected chi connectivity index (χ0v) is 8.84. The Balaban J connectivity index is 3.33. The second-order valence-corrected chi connectivity index (χ2v) is 3.11. The highest BCUT2D eigenvalue weighted by molar-refractivity contribution is 5.75. The molecular weight excluding hydrogens is 178 g/mol. The Morgan fingerprint density at radius 1 is 1.36 bits per heavy atom. The van der Waals surface area contributed by atoms with Crippen molar-refractivity contribution >= 4 is 6.21 Å². The summed E-state index contributed by atoms with van der Waals surface area (Å²) in [6, 6.07) is 0. The van der Waals surface area contributed by atoms with E-state index in [0.717, 1.165) is 37.9 Å². The Morgan fingerprint density at radius 3 is 2.71 bits per heavy atom. The van der Waals surface area contributed by atoms with E-state index < -0.39 is 0 Å². The SMILES string of the molecule is CN/C=C(\C=N)CNCCCCCO. The summed E-state index contributed by atoms with van der Waals surface area (Å²) in [5.74, 6) is 0. The summed E-state index contributed by atoms with van der Waals surface area (Å²) in [5.41, 5.74) is 0.939. The van der Waals surface area contributed by atoms with Gasteiger partial charge in [0.15, 0.2) is 0 Å². The monoisotopic (exact) mass is 199 g/mol. The van der Waals surface area contributed by atoms with Gasteiger partial charge in [-0.05, 0) is 31.4 Å². The first-order chi connectivity index (χ1) is 6.85. The van der Waals surface area contributed by atoms with Crippen LogP contribution >= 0.6 is 0 Å². The maximum Gasteiger partial charge on any atom is 0.0431 e. The molecule has 0 amide bonds. The van der Waals surface area contributed by atoms with E-state index in [1.165, 1.54) is 6.21 Å². The van der Waals surface area contributed by atoms with Crippen molar-refractivity contribution in [1.29, 1.82) is 5.41 Å². The van der Waals surface area contributed by atoms with E-state index in [9.17, 15) is 0 Å². The molecule has 0 rings (SSSR count). The van der Waals surface area contributed by atoms with Gasteiger partial charge in [0.1, 0.15) is 0 Å². The highest BCUT2D eigenvalue weighted by atomic mass is 16.2. The lowest BCUT2D eigenvalue weighted by atomic mass is 10.2. The molecule has 0 aliphatic heterocycles. The molecule has 0 radical (unpaired) electrons. The van der Waals surface area contributed by atoms with Gasteiger partial charge in [-0.3, -0.25) is 0 Å². The zero-order valence-electron chi connectivity index (χ0n) is 8.84. The van der Waals surface area contributed by atoms with Gasteiger partial charge in [-0.25, -0.2) is 0 Å². The minimum atomic E-state index is 0.283. The van der Waals surface area contributed by atoms with Gasteiger partial charge in [-0.2, -0.15) is 0 Å². The van der Waals surface area contributed by atoms with E-state index in [4.69, 9.17) is 10.5 Å². The third kappa shape index (κ3) is 7.76. The van der Waals surface area contributed by atoms with Crippen molar-refractivity contribution in [2.24, 2.45) is 0 Å². The lowest BCUT2D eigenvalue weighted by molar-refractivity contribution is 0.283. The second-order valence-electron chi connectivity index (χ2n) is 3.11. The fourth-order valence-electron chi connectivity index (χ4n) is 1.10. The molecule has 0 aromatic heterocycles. The average Bonchev–Trinajstić information content (AvgIpc) is 2.21. The molecule has 0 aromatic carbocycles. The highest BCUT2D eigenvalue weighted by Crippen LogP contribution is 1.92. The first-order valence-corrected chi connectivity index (χ1v) is 5.03. The number of aliphatic hydroxyl groups is 1. The molecule has 4 N–H and O–H groups in total. The van der Waals surface area contributed by atoms with Gasteiger partial charge in [0, 0.05) is 32.6 Å². The van der Waals surface area contributed by atoms with Crippen molar-refractivity contribution in [3.8, 4) is 0 Å². The summed E-state index contributed by atoms with van der Waals surface area (Å²) in [6.07, 6.45) is 6.17. The van der Waals surface area contributed by atoms with Crippen LogP contribution in [0.4, 0.5) is 0 Å². The summed E-state index contributed by atoms with van der Waals surface area (Å²) >= 11 is 0. The van der Waals surface area contributed by atoms with Crippen LogP contribution in [-0.2, 0) is 0 Å². The minimum Gasteiger partial charge on any atom is -0.396 e. The van der Waals surface area contributed by atoms with Gasteiger partial charge in [0.05, 0.1) is 0 Å². The normalized spacial score (nSPS) is 11.4. The number of hydrogen-bond donors (Lipinski definition) is 4. The van der Waals surface area contributed by atoms with Crippen LogP contribution in [0.3, 0.4) is 0 Å². The predicted molar refractivity (Wildman–Crippen MR) is 59.7 cm³/mol. The van der Waals surface area contributed by atoms with E-state index in [-0.39, 0.29) is 6.61 Å². The Bertz CT molecular complexity index is 169. The van der Waals surface area contributed by atoms with Gasteiger partial charge in [-0.1, -0.05) is 0 Å². The Labute approximate surface area is 85.9 Å². The number of rotatable bonds is 9. The molecule has 0 spiro atoms. The van der Waals surface area contributed by atoms with Gasteiger partial charge in [0.2, 0.25) is 0 Å². The van der Waals surface area contributed by atoms with Crippen LogP contribution in [0.15, 0.2) is 11.8 Å². The Kier molecular flexibility index (Phi) is 9.58. The summed E-state index contributed by atoms with van der Waals surface area (Å²) in [4.78, 5) is 0. The molecule has 0 unspecified atom stereocenters. The van der Waals surface area contributed by atoms with Crippen molar-refractivity contribution < 1.29 is 5.11 Å². The molecule has 0 aromatic rings. The molecule has 0 saturated carbocycles. The van der Waals surface area contributed by atoms with Crippen LogP contribution in [0.2, 0.25) is 0 Å². The van der Waals surface area contributed by atoms with Crippen molar-refractivity contribution in [3.05, 3.63) is 11.8 Å². The maximum absolute atomic E-state index is 8.55. The van der Waals surface area contributed by atoms with E-state index in [1.807, 2.05) is 13.2 Å². The molecule has 0 fully saturated rings. The molecule has 4 heteroatoms. The first kappa shape index (κ1) is 13.1. The van der Waals surface area contributed by atoms with Gasteiger partial charge in [0.25, 0.3) is 0 Å². The summed E-state index contributed by atoms with van der Waals surface area (Å²) in [6.45, 7) is 1.95.